The zero-order valence-corrected chi connectivity index (χ0v) is 10.2. The van der Waals surface area contributed by atoms with E-state index in [-0.39, 0.29) is 12.5 Å². The van der Waals surface area contributed by atoms with Gasteiger partial charge in [0.05, 0.1) is 0 Å². The Morgan fingerprint density at radius 2 is 2.00 bits per heavy atom. The molecular formula is C11H13BrF3N. The molecule has 0 amide bonds. The van der Waals surface area contributed by atoms with Crippen LogP contribution >= 0.6 is 15.9 Å². The molecule has 2 N–H and O–H groups in total. The third kappa shape index (κ3) is 4.99. The Labute approximate surface area is 101 Å². The summed E-state index contributed by atoms with van der Waals surface area (Å²) < 4.78 is 36.7. The molecule has 1 aromatic rings. The minimum atomic E-state index is -4.09. The fourth-order valence-corrected chi connectivity index (χ4v) is 1.84. The molecule has 1 rings (SSSR count). The predicted octanol–water partition coefficient (Wildman–Crippen LogP) is 4.18. The van der Waals surface area contributed by atoms with E-state index in [2.05, 4.69) is 15.9 Å². The molecule has 1 nitrogen and oxygen atoms in total. The first-order valence-corrected chi connectivity index (χ1v) is 5.75. The second kappa shape index (κ2) is 5.68. The molecule has 1 atom stereocenters. The third-order valence-corrected chi connectivity index (χ3v) is 2.75. The smallest absolute Gasteiger partial charge is 0.324 e. The lowest BCUT2D eigenvalue weighted by molar-refractivity contribution is -0.135. The van der Waals surface area contributed by atoms with Crippen LogP contribution in [0.4, 0.5) is 13.2 Å². The number of hydrogen-bond acceptors (Lipinski definition) is 1. The van der Waals surface area contributed by atoms with Crippen LogP contribution in [0.1, 0.15) is 30.9 Å². The summed E-state index contributed by atoms with van der Waals surface area (Å²) >= 11 is 3.29. The van der Waals surface area contributed by atoms with Crippen molar-refractivity contribution in [2.24, 2.45) is 5.73 Å². The van der Waals surface area contributed by atoms with E-state index < -0.39 is 12.6 Å². The van der Waals surface area contributed by atoms with Crippen LogP contribution in [0.3, 0.4) is 0 Å². The van der Waals surface area contributed by atoms with Crippen LogP contribution < -0.4 is 5.73 Å². The molecule has 0 heterocycles. The highest BCUT2D eigenvalue weighted by Gasteiger charge is 2.26. The average molecular weight is 296 g/mol. The largest absolute Gasteiger partial charge is 0.389 e. The van der Waals surface area contributed by atoms with E-state index in [1.54, 1.807) is 0 Å². The Morgan fingerprint density at radius 1 is 1.31 bits per heavy atom. The molecule has 0 saturated heterocycles. The summed E-state index contributed by atoms with van der Waals surface area (Å²) in [5.41, 5.74) is 6.66. The summed E-state index contributed by atoms with van der Waals surface area (Å²) in [6.45, 7) is 0. The molecular weight excluding hydrogens is 283 g/mol. The highest BCUT2D eigenvalue weighted by molar-refractivity contribution is 9.10. The van der Waals surface area contributed by atoms with Gasteiger partial charge < -0.3 is 5.73 Å². The van der Waals surface area contributed by atoms with E-state index in [1.165, 1.54) is 0 Å². The third-order valence-electron chi connectivity index (χ3n) is 2.25. The van der Waals surface area contributed by atoms with Crippen molar-refractivity contribution in [2.45, 2.75) is 31.5 Å². The molecule has 16 heavy (non-hydrogen) atoms. The van der Waals surface area contributed by atoms with Gasteiger partial charge >= 0.3 is 6.18 Å². The molecule has 0 aliphatic heterocycles. The van der Waals surface area contributed by atoms with Crippen LogP contribution in [0.2, 0.25) is 0 Å². The monoisotopic (exact) mass is 295 g/mol. The summed E-state index contributed by atoms with van der Waals surface area (Å²) in [7, 11) is 0. The molecule has 1 aromatic carbocycles. The van der Waals surface area contributed by atoms with E-state index in [4.69, 9.17) is 5.73 Å². The highest BCUT2D eigenvalue weighted by atomic mass is 79.9. The van der Waals surface area contributed by atoms with Gasteiger partial charge in [0.1, 0.15) is 0 Å². The zero-order chi connectivity index (χ0) is 12.2. The molecule has 0 saturated carbocycles. The van der Waals surface area contributed by atoms with E-state index in [9.17, 15) is 13.2 Å². The number of halogens is 4. The lowest BCUT2D eigenvalue weighted by atomic mass is 10.0. The van der Waals surface area contributed by atoms with Crippen molar-refractivity contribution < 1.29 is 13.2 Å². The van der Waals surface area contributed by atoms with Crippen LogP contribution in [0.25, 0.3) is 0 Å². The van der Waals surface area contributed by atoms with Crippen molar-refractivity contribution in [2.75, 3.05) is 0 Å². The molecule has 0 aliphatic rings. The normalized spacial score (nSPS) is 13.8. The second-order valence-corrected chi connectivity index (χ2v) is 4.58. The van der Waals surface area contributed by atoms with Gasteiger partial charge in [-0.1, -0.05) is 28.1 Å². The van der Waals surface area contributed by atoms with E-state index >= 15 is 0 Å². The molecule has 5 heteroatoms. The van der Waals surface area contributed by atoms with Gasteiger partial charge in [0.15, 0.2) is 0 Å². The van der Waals surface area contributed by atoms with E-state index in [1.807, 2.05) is 24.3 Å². The summed E-state index contributed by atoms with van der Waals surface area (Å²) in [5.74, 6) is 0. The number of rotatable bonds is 4. The van der Waals surface area contributed by atoms with Crippen LogP contribution in [-0.4, -0.2) is 6.18 Å². The Kier molecular flexibility index (Phi) is 4.80. The molecule has 0 spiro atoms. The SMILES string of the molecule is NC(CCCC(F)(F)F)c1cccc(Br)c1. The zero-order valence-electron chi connectivity index (χ0n) is 8.60. The van der Waals surface area contributed by atoms with Gasteiger partial charge in [0, 0.05) is 16.9 Å². The molecule has 90 valence electrons. The van der Waals surface area contributed by atoms with Gasteiger partial charge in [-0.2, -0.15) is 13.2 Å². The first-order chi connectivity index (χ1) is 7.38. The fourth-order valence-electron chi connectivity index (χ4n) is 1.43. The van der Waals surface area contributed by atoms with Gasteiger partial charge in [0.25, 0.3) is 0 Å². The lowest BCUT2D eigenvalue weighted by Crippen LogP contribution is -2.13. The van der Waals surface area contributed by atoms with Crippen molar-refractivity contribution >= 4 is 15.9 Å². The maximum absolute atomic E-state index is 11.9. The van der Waals surface area contributed by atoms with Crippen molar-refractivity contribution in [3.05, 3.63) is 34.3 Å². The van der Waals surface area contributed by atoms with Crippen molar-refractivity contribution in [3.8, 4) is 0 Å². The number of nitrogens with two attached hydrogens (primary N) is 1. The first-order valence-electron chi connectivity index (χ1n) is 4.96. The second-order valence-electron chi connectivity index (χ2n) is 3.67. The number of alkyl halides is 3. The Morgan fingerprint density at radius 3 is 2.56 bits per heavy atom. The van der Waals surface area contributed by atoms with Crippen LogP contribution in [0.15, 0.2) is 28.7 Å². The minimum Gasteiger partial charge on any atom is -0.324 e. The van der Waals surface area contributed by atoms with Gasteiger partial charge in [-0.25, -0.2) is 0 Å². The summed E-state index contributed by atoms with van der Waals surface area (Å²) in [5, 5.41) is 0. The quantitative estimate of drug-likeness (QED) is 0.886. The maximum atomic E-state index is 11.9. The molecule has 0 radical (unpaired) electrons. The maximum Gasteiger partial charge on any atom is 0.389 e. The van der Waals surface area contributed by atoms with Crippen molar-refractivity contribution in [1.82, 2.24) is 0 Å². The summed E-state index contributed by atoms with van der Waals surface area (Å²) in [6, 6.07) is 7.00. The number of benzene rings is 1. The molecule has 0 bridgehead atoms. The van der Waals surface area contributed by atoms with Crippen molar-refractivity contribution in [1.29, 1.82) is 0 Å². The minimum absolute atomic E-state index is 0.0666. The summed E-state index contributed by atoms with van der Waals surface area (Å²) in [6.07, 6.45) is -4.45. The fraction of sp³-hybridized carbons (Fsp3) is 0.455. The van der Waals surface area contributed by atoms with Gasteiger partial charge in [-0.05, 0) is 30.5 Å². The Bertz CT molecular complexity index is 338. The van der Waals surface area contributed by atoms with Gasteiger partial charge in [-0.15, -0.1) is 0 Å². The lowest BCUT2D eigenvalue weighted by Gasteiger charge is -2.13. The standard InChI is InChI=1S/C11H13BrF3N/c12-9-4-1-3-8(7-9)10(16)5-2-6-11(13,14)15/h1,3-4,7,10H,2,5-6,16H2. The van der Waals surface area contributed by atoms with Crippen LogP contribution in [0, 0.1) is 0 Å². The topological polar surface area (TPSA) is 26.0 Å². The molecule has 1 unspecified atom stereocenters. The molecule has 0 aromatic heterocycles. The average Bonchev–Trinajstić information content (AvgIpc) is 2.15. The molecule has 0 fully saturated rings. The summed E-state index contributed by atoms with van der Waals surface area (Å²) in [4.78, 5) is 0. The Balaban J connectivity index is 2.44. The van der Waals surface area contributed by atoms with Gasteiger partial charge in [-0.3, -0.25) is 0 Å². The van der Waals surface area contributed by atoms with E-state index in [0.29, 0.717) is 6.42 Å². The first kappa shape index (κ1) is 13.5. The van der Waals surface area contributed by atoms with E-state index in [0.717, 1.165) is 10.0 Å². The predicted molar refractivity (Wildman–Crippen MR) is 61.0 cm³/mol. The van der Waals surface area contributed by atoms with Gasteiger partial charge in [0.2, 0.25) is 0 Å². The van der Waals surface area contributed by atoms with Crippen LogP contribution in [-0.2, 0) is 0 Å². The Hall–Kier alpha value is -0.550. The molecule has 0 aliphatic carbocycles. The van der Waals surface area contributed by atoms with Crippen LogP contribution in [0.5, 0.6) is 0 Å². The number of hydrogen-bond donors (Lipinski definition) is 1. The van der Waals surface area contributed by atoms with Crippen molar-refractivity contribution in [3.63, 3.8) is 0 Å². The highest BCUT2D eigenvalue weighted by Crippen LogP contribution is 2.26.